The van der Waals surface area contributed by atoms with Crippen molar-refractivity contribution in [1.82, 2.24) is 0 Å². The van der Waals surface area contributed by atoms with Crippen LogP contribution in [-0.4, -0.2) is 26.9 Å². The van der Waals surface area contributed by atoms with E-state index >= 15 is 0 Å². The van der Waals surface area contributed by atoms with Gasteiger partial charge in [0.2, 0.25) is 0 Å². The molecule has 5 heteroatoms. The Bertz CT molecular complexity index is 654. The number of benzene rings is 1. The molecule has 188 valence electrons. The van der Waals surface area contributed by atoms with Gasteiger partial charge in [-0.25, -0.2) is 0 Å². The highest BCUT2D eigenvalue weighted by Gasteiger charge is 2.26. The summed E-state index contributed by atoms with van der Waals surface area (Å²) in [5.41, 5.74) is -0.481. The minimum atomic E-state index is -0.582. The first-order valence-electron chi connectivity index (χ1n) is 13.3. The second kappa shape index (κ2) is 17.4. The molecular formula is C28H46O5. The van der Waals surface area contributed by atoms with Crippen molar-refractivity contribution in [3.8, 4) is 17.2 Å². The number of Topliss-reactive ketones (excluding diaryl/α,β-unsaturated/α-hetero) is 2. The van der Waals surface area contributed by atoms with Crippen LogP contribution in [-0.2, 0) is 0 Å². The summed E-state index contributed by atoms with van der Waals surface area (Å²) in [4.78, 5) is 25.3. The van der Waals surface area contributed by atoms with E-state index in [0.717, 1.165) is 44.6 Å². The lowest BCUT2D eigenvalue weighted by Crippen LogP contribution is -2.06. The summed E-state index contributed by atoms with van der Waals surface area (Å²) in [6, 6.07) is 1.00. The molecule has 0 saturated heterocycles. The van der Waals surface area contributed by atoms with Crippen molar-refractivity contribution >= 4 is 11.6 Å². The Hall–Kier alpha value is -2.04. The lowest BCUT2D eigenvalue weighted by molar-refractivity contribution is 0.0971. The zero-order valence-electron chi connectivity index (χ0n) is 21.0. The second-order valence-electron chi connectivity index (χ2n) is 9.31. The molecule has 0 bridgehead atoms. The number of rotatable bonds is 20. The fourth-order valence-electron chi connectivity index (χ4n) is 4.28. The van der Waals surface area contributed by atoms with E-state index in [1.165, 1.54) is 51.4 Å². The average Bonchev–Trinajstić information content (AvgIpc) is 2.77. The van der Waals surface area contributed by atoms with Gasteiger partial charge in [-0.2, -0.15) is 0 Å². The van der Waals surface area contributed by atoms with Crippen LogP contribution in [0.5, 0.6) is 17.2 Å². The average molecular weight is 463 g/mol. The standard InChI is InChI=1S/C28H46O5/c1-3-5-7-9-11-13-15-17-19-22(29)26-24(31)21-25(32)27(28(26)33)23(30)20-18-16-14-12-10-8-6-4-2/h21,31-33H,3-20H2,1-2H3. The predicted octanol–water partition coefficient (Wildman–Crippen LogP) is 8.23. The molecule has 0 radical (unpaired) electrons. The van der Waals surface area contributed by atoms with Crippen LogP contribution in [0.3, 0.4) is 0 Å². The molecule has 0 atom stereocenters. The third kappa shape index (κ3) is 11.1. The summed E-state index contributed by atoms with van der Waals surface area (Å²) in [6.45, 7) is 4.38. The van der Waals surface area contributed by atoms with Crippen LogP contribution >= 0.6 is 0 Å². The van der Waals surface area contributed by atoms with Gasteiger partial charge in [0.25, 0.3) is 0 Å². The number of unbranched alkanes of at least 4 members (excludes halogenated alkanes) is 14. The first kappa shape index (κ1) is 29.0. The second-order valence-corrected chi connectivity index (χ2v) is 9.31. The van der Waals surface area contributed by atoms with E-state index < -0.39 is 28.8 Å². The summed E-state index contributed by atoms with van der Waals surface area (Å²) in [5, 5.41) is 30.9. The Morgan fingerprint density at radius 3 is 1.18 bits per heavy atom. The van der Waals surface area contributed by atoms with Crippen molar-refractivity contribution in [2.45, 2.75) is 129 Å². The van der Waals surface area contributed by atoms with Crippen LogP contribution in [0.4, 0.5) is 0 Å². The van der Waals surface area contributed by atoms with Gasteiger partial charge in [0.05, 0.1) is 0 Å². The van der Waals surface area contributed by atoms with Crippen LogP contribution in [0.25, 0.3) is 0 Å². The minimum absolute atomic E-state index is 0.201. The van der Waals surface area contributed by atoms with E-state index in [9.17, 15) is 24.9 Å². The highest BCUT2D eigenvalue weighted by molar-refractivity contribution is 6.08. The predicted molar refractivity (Wildman–Crippen MR) is 135 cm³/mol. The highest BCUT2D eigenvalue weighted by atomic mass is 16.3. The third-order valence-electron chi connectivity index (χ3n) is 6.33. The van der Waals surface area contributed by atoms with Crippen LogP contribution in [0.2, 0.25) is 0 Å². The van der Waals surface area contributed by atoms with Crippen molar-refractivity contribution in [1.29, 1.82) is 0 Å². The SMILES string of the molecule is CCCCCCCCCCC(=O)c1c(O)cc(O)c(C(=O)CCCCCCCCCC)c1O. The van der Waals surface area contributed by atoms with Crippen LogP contribution in [0.15, 0.2) is 6.07 Å². The van der Waals surface area contributed by atoms with Crippen LogP contribution in [0.1, 0.15) is 150 Å². The number of carbonyl (C=O) groups excluding carboxylic acids is 2. The van der Waals surface area contributed by atoms with Crippen molar-refractivity contribution in [2.24, 2.45) is 0 Å². The van der Waals surface area contributed by atoms with Gasteiger partial charge >= 0.3 is 0 Å². The number of carbonyl (C=O) groups is 2. The Labute approximate surface area is 200 Å². The molecule has 0 heterocycles. The highest BCUT2D eigenvalue weighted by Crippen LogP contribution is 2.39. The number of hydrogen-bond donors (Lipinski definition) is 3. The normalized spacial score (nSPS) is 11.1. The van der Waals surface area contributed by atoms with Gasteiger partial charge in [-0.05, 0) is 12.8 Å². The first-order valence-corrected chi connectivity index (χ1v) is 13.3. The zero-order valence-corrected chi connectivity index (χ0v) is 21.0. The molecule has 1 rings (SSSR count). The van der Waals surface area contributed by atoms with Gasteiger partial charge in [0.15, 0.2) is 11.6 Å². The van der Waals surface area contributed by atoms with Crippen molar-refractivity contribution in [3.05, 3.63) is 17.2 Å². The number of aromatic hydroxyl groups is 3. The summed E-state index contributed by atoms with van der Waals surface area (Å²) < 4.78 is 0. The van der Waals surface area contributed by atoms with Gasteiger partial charge in [0, 0.05) is 18.9 Å². The van der Waals surface area contributed by atoms with Gasteiger partial charge in [-0.3, -0.25) is 9.59 Å². The van der Waals surface area contributed by atoms with E-state index in [0.29, 0.717) is 12.8 Å². The minimum Gasteiger partial charge on any atom is -0.507 e. The molecule has 0 fully saturated rings. The van der Waals surface area contributed by atoms with E-state index in [2.05, 4.69) is 13.8 Å². The van der Waals surface area contributed by atoms with Crippen LogP contribution < -0.4 is 0 Å². The largest absolute Gasteiger partial charge is 0.507 e. The zero-order chi connectivity index (χ0) is 24.5. The number of ketones is 2. The van der Waals surface area contributed by atoms with Crippen molar-refractivity contribution in [3.63, 3.8) is 0 Å². The summed E-state index contributed by atoms with van der Waals surface area (Å²) in [6.07, 6.45) is 17.9. The van der Waals surface area contributed by atoms with Gasteiger partial charge in [-0.1, -0.05) is 104 Å². The van der Waals surface area contributed by atoms with Gasteiger partial charge in [-0.15, -0.1) is 0 Å². The quantitative estimate of drug-likeness (QED) is 0.134. The number of phenols is 3. The molecule has 0 aromatic heterocycles. The maximum atomic E-state index is 12.6. The molecule has 33 heavy (non-hydrogen) atoms. The third-order valence-corrected chi connectivity index (χ3v) is 6.33. The molecule has 0 unspecified atom stereocenters. The fourth-order valence-corrected chi connectivity index (χ4v) is 4.28. The lowest BCUT2D eigenvalue weighted by atomic mass is 9.95. The molecule has 0 saturated carbocycles. The maximum Gasteiger partial charge on any atom is 0.170 e. The molecule has 5 nitrogen and oxygen atoms in total. The number of phenolic OH excluding ortho intramolecular Hbond substituents is 3. The molecule has 0 spiro atoms. The summed E-state index contributed by atoms with van der Waals surface area (Å²) in [7, 11) is 0. The van der Waals surface area contributed by atoms with Gasteiger partial charge < -0.3 is 15.3 Å². The molecular weight excluding hydrogens is 416 g/mol. The van der Waals surface area contributed by atoms with E-state index in [1.54, 1.807) is 0 Å². The maximum absolute atomic E-state index is 12.6. The molecule has 0 aliphatic rings. The van der Waals surface area contributed by atoms with E-state index in [-0.39, 0.29) is 24.0 Å². The Balaban J connectivity index is 2.54. The monoisotopic (exact) mass is 462 g/mol. The molecule has 0 aliphatic carbocycles. The molecule has 0 aliphatic heterocycles. The van der Waals surface area contributed by atoms with Crippen molar-refractivity contribution in [2.75, 3.05) is 0 Å². The smallest absolute Gasteiger partial charge is 0.170 e. The Morgan fingerprint density at radius 1 is 0.545 bits per heavy atom. The Morgan fingerprint density at radius 2 is 0.848 bits per heavy atom. The number of hydrogen-bond acceptors (Lipinski definition) is 5. The summed E-state index contributed by atoms with van der Waals surface area (Å²) >= 11 is 0. The molecule has 1 aromatic rings. The topological polar surface area (TPSA) is 94.8 Å². The van der Waals surface area contributed by atoms with E-state index in [1.807, 2.05) is 0 Å². The van der Waals surface area contributed by atoms with E-state index in [4.69, 9.17) is 0 Å². The van der Waals surface area contributed by atoms with Gasteiger partial charge in [0.1, 0.15) is 28.4 Å². The molecule has 1 aromatic carbocycles. The lowest BCUT2D eigenvalue weighted by Gasteiger charge is -2.12. The molecule has 0 amide bonds. The summed E-state index contributed by atoms with van der Waals surface area (Å²) in [5.74, 6) is -2.31. The fraction of sp³-hybridized carbons (Fsp3) is 0.714. The van der Waals surface area contributed by atoms with Crippen molar-refractivity contribution < 1.29 is 24.9 Å². The first-order chi connectivity index (χ1) is 15.9. The molecule has 3 N–H and O–H groups in total. The Kier molecular flexibility index (Phi) is 15.3. The van der Waals surface area contributed by atoms with Crippen LogP contribution in [0, 0.1) is 0 Å².